The summed E-state index contributed by atoms with van der Waals surface area (Å²) < 4.78 is 16.7. The smallest absolute Gasteiger partial charge is 0.213 e. The van der Waals surface area contributed by atoms with E-state index in [1.54, 1.807) is 23.5 Å². The average Bonchev–Trinajstić information content (AvgIpc) is 3.33. The molecule has 1 fully saturated rings. The summed E-state index contributed by atoms with van der Waals surface area (Å²) in [6, 6.07) is 6.65. The molecule has 0 spiro atoms. The van der Waals surface area contributed by atoms with Crippen molar-refractivity contribution in [3.63, 3.8) is 0 Å². The van der Waals surface area contributed by atoms with Gasteiger partial charge in [-0.25, -0.2) is 9.07 Å². The third-order valence-corrected chi connectivity index (χ3v) is 7.10. The quantitative estimate of drug-likeness (QED) is 0.493. The van der Waals surface area contributed by atoms with Crippen LogP contribution in [0.4, 0.5) is 10.2 Å². The van der Waals surface area contributed by atoms with Crippen molar-refractivity contribution in [1.82, 2.24) is 14.8 Å². The first kappa shape index (κ1) is 19.5. The second kappa shape index (κ2) is 7.87. The summed E-state index contributed by atoms with van der Waals surface area (Å²) in [5.74, 6) is 1.55. The van der Waals surface area contributed by atoms with Gasteiger partial charge in [0.05, 0.1) is 5.69 Å². The molecule has 1 aromatic carbocycles. The van der Waals surface area contributed by atoms with Gasteiger partial charge in [-0.1, -0.05) is 44.2 Å². The van der Waals surface area contributed by atoms with Gasteiger partial charge in [-0.05, 0) is 37.0 Å². The Balaban J connectivity index is 1.71. The van der Waals surface area contributed by atoms with Crippen molar-refractivity contribution >= 4 is 28.9 Å². The van der Waals surface area contributed by atoms with E-state index < -0.39 is 0 Å². The van der Waals surface area contributed by atoms with E-state index in [9.17, 15) is 4.39 Å². The molecule has 0 amide bonds. The molecule has 4 rings (SSSR count). The van der Waals surface area contributed by atoms with E-state index in [2.05, 4.69) is 30.8 Å². The Kier molecular flexibility index (Phi) is 5.47. The predicted molar refractivity (Wildman–Crippen MR) is 116 cm³/mol. The van der Waals surface area contributed by atoms with Crippen molar-refractivity contribution in [3.05, 3.63) is 42.0 Å². The summed E-state index contributed by atoms with van der Waals surface area (Å²) in [6.07, 6.45) is 3.17. The fraction of sp³-hybridized carbons (Fsp3) is 0.429. The number of anilines is 1. The second-order valence-corrected chi connectivity index (χ2v) is 10.5. The van der Waals surface area contributed by atoms with Crippen LogP contribution in [-0.2, 0) is 0 Å². The van der Waals surface area contributed by atoms with Crippen molar-refractivity contribution in [2.24, 2.45) is 5.92 Å². The van der Waals surface area contributed by atoms with Crippen LogP contribution in [-0.4, -0.2) is 33.1 Å². The van der Waals surface area contributed by atoms with Gasteiger partial charge in [0.2, 0.25) is 5.13 Å². The van der Waals surface area contributed by atoms with Crippen molar-refractivity contribution < 1.29 is 4.39 Å². The normalized spacial score (nSPS) is 17.1. The molecular weight excluding hydrogens is 391 g/mol. The fourth-order valence-electron chi connectivity index (χ4n) is 3.50. The molecule has 0 radical (unpaired) electrons. The van der Waals surface area contributed by atoms with Crippen LogP contribution in [0.5, 0.6) is 0 Å². The number of thiazole rings is 1. The van der Waals surface area contributed by atoms with Crippen LogP contribution >= 0.6 is 23.1 Å². The van der Waals surface area contributed by atoms with Gasteiger partial charge in [0.15, 0.2) is 5.82 Å². The van der Waals surface area contributed by atoms with E-state index in [0.29, 0.717) is 11.2 Å². The lowest BCUT2D eigenvalue weighted by molar-refractivity contribution is 0.628. The highest BCUT2D eigenvalue weighted by atomic mass is 32.2. The maximum absolute atomic E-state index is 13.7. The Hall–Kier alpha value is -1.86. The zero-order valence-electron chi connectivity index (χ0n) is 16.6. The molecule has 1 atom stereocenters. The molecule has 1 unspecified atom stereocenters. The molecule has 0 N–H and O–H groups in total. The monoisotopic (exact) mass is 416 g/mol. The second-order valence-electron chi connectivity index (χ2n) is 7.70. The Labute approximate surface area is 173 Å². The molecular formula is C21H25FN4S2. The maximum atomic E-state index is 13.7. The van der Waals surface area contributed by atoms with Crippen molar-refractivity contribution in [3.8, 4) is 16.3 Å². The van der Waals surface area contributed by atoms with Crippen LogP contribution < -0.4 is 4.90 Å². The molecule has 1 aliphatic rings. The number of hydrogen-bond acceptors (Lipinski definition) is 5. The lowest BCUT2D eigenvalue weighted by atomic mass is 10.1. The summed E-state index contributed by atoms with van der Waals surface area (Å²) in [5, 5.41) is 6.04. The van der Waals surface area contributed by atoms with Crippen LogP contribution in [0, 0.1) is 18.7 Å². The van der Waals surface area contributed by atoms with Gasteiger partial charge in [-0.15, -0.1) is 11.8 Å². The van der Waals surface area contributed by atoms with Gasteiger partial charge in [0.25, 0.3) is 0 Å². The summed E-state index contributed by atoms with van der Waals surface area (Å²) in [5.41, 5.74) is 2.64. The van der Waals surface area contributed by atoms with Crippen LogP contribution in [0.1, 0.15) is 32.9 Å². The first-order chi connectivity index (χ1) is 13.4. The molecule has 3 aromatic rings. The Bertz CT molecular complexity index is 979. The molecule has 0 saturated carbocycles. The van der Waals surface area contributed by atoms with E-state index in [4.69, 9.17) is 4.98 Å². The fourth-order valence-corrected chi connectivity index (χ4v) is 5.95. The maximum Gasteiger partial charge on any atom is 0.213 e. The zero-order valence-corrected chi connectivity index (χ0v) is 18.3. The molecule has 4 nitrogen and oxygen atoms in total. The van der Waals surface area contributed by atoms with E-state index in [0.717, 1.165) is 40.9 Å². The molecule has 1 aliphatic heterocycles. The average molecular weight is 417 g/mol. The standard InChI is InChI=1S/C21H25FN4S2/c1-13(2)27-20-19(25-9-8-14(3)11-25)23-21(28-20)26-12-18(15(4)24-26)16-6-5-7-17(22)10-16/h5-7,10,12-14H,8-9,11H2,1-4H3. The third kappa shape index (κ3) is 3.96. The topological polar surface area (TPSA) is 34.0 Å². The Morgan fingerprint density at radius 2 is 2.14 bits per heavy atom. The first-order valence-electron chi connectivity index (χ1n) is 9.65. The van der Waals surface area contributed by atoms with Gasteiger partial charge in [0.1, 0.15) is 10.0 Å². The van der Waals surface area contributed by atoms with Crippen molar-refractivity contribution in [2.75, 3.05) is 18.0 Å². The molecule has 3 heterocycles. The number of thioether (sulfide) groups is 1. The SMILES string of the molecule is Cc1nn(-c2nc(N3CCC(C)C3)c(SC(C)C)s2)cc1-c1cccc(F)c1. The number of aryl methyl sites for hydroxylation is 1. The van der Waals surface area contributed by atoms with Crippen LogP contribution in [0.3, 0.4) is 0 Å². The van der Waals surface area contributed by atoms with E-state index in [1.165, 1.54) is 16.7 Å². The van der Waals surface area contributed by atoms with Crippen LogP contribution in [0.2, 0.25) is 0 Å². The summed E-state index contributed by atoms with van der Waals surface area (Å²) in [4.78, 5) is 7.37. The van der Waals surface area contributed by atoms with Gasteiger partial charge in [-0.3, -0.25) is 0 Å². The predicted octanol–water partition coefficient (Wildman–Crippen LogP) is 5.79. The highest BCUT2D eigenvalue weighted by molar-refractivity contribution is 8.01. The van der Waals surface area contributed by atoms with Crippen LogP contribution in [0.15, 0.2) is 34.7 Å². The minimum Gasteiger partial charge on any atom is -0.355 e. The van der Waals surface area contributed by atoms with E-state index in [1.807, 2.05) is 35.6 Å². The van der Waals surface area contributed by atoms with Gasteiger partial charge < -0.3 is 4.90 Å². The lowest BCUT2D eigenvalue weighted by Gasteiger charge is -2.17. The number of halogens is 1. The number of benzene rings is 1. The minimum absolute atomic E-state index is 0.236. The third-order valence-electron chi connectivity index (χ3n) is 4.86. The largest absolute Gasteiger partial charge is 0.355 e. The number of hydrogen-bond donors (Lipinski definition) is 0. The molecule has 0 aliphatic carbocycles. The number of nitrogens with zero attached hydrogens (tertiary/aromatic N) is 4. The summed E-state index contributed by atoms with van der Waals surface area (Å²) >= 11 is 3.55. The van der Waals surface area contributed by atoms with E-state index >= 15 is 0 Å². The van der Waals surface area contributed by atoms with Gasteiger partial charge in [0, 0.05) is 30.1 Å². The highest BCUT2D eigenvalue weighted by Crippen LogP contribution is 2.41. The number of rotatable bonds is 5. The lowest BCUT2D eigenvalue weighted by Crippen LogP contribution is -2.20. The zero-order chi connectivity index (χ0) is 19.8. The van der Waals surface area contributed by atoms with Gasteiger partial charge in [-0.2, -0.15) is 10.1 Å². The van der Waals surface area contributed by atoms with Crippen molar-refractivity contribution in [1.29, 1.82) is 0 Å². The molecule has 2 aromatic heterocycles. The molecule has 1 saturated heterocycles. The molecule has 28 heavy (non-hydrogen) atoms. The Morgan fingerprint density at radius 3 is 2.82 bits per heavy atom. The van der Waals surface area contributed by atoms with E-state index in [-0.39, 0.29) is 5.82 Å². The molecule has 148 valence electrons. The highest BCUT2D eigenvalue weighted by Gasteiger charge is 2.26. The summed E-state index contributed by atoms with van der Waals surface area (Å²) in [6.45, 7) is 10.8. The van der Waals surface area contributed by atoms with Gasteiger partial charge >= 0.3 is 0 Å². The molecule has 0 bridgehead atoms. The number of aromatic nitrogens is 3. The van der Waals surface area contributed by atoms with Crippen molar-refractivity contribution in [2.45, 2.75) is 43.6 Å². The Morgan fingerprint density at radius 1 is 1.32 bits per heavy atom. The molecule has 7 heteroatoms. The van der Waals surface area contributed by atoms with Crippen LogP contribution in [0.25, 0.3) is 16.3 Å². The minimum atomic E-state index is -0.236. The summed E-state index contributed by atoms with van der Waals surface area (Å²) in [7, 11) is 0. The first-order valence-corrected chi connectivity index (χ1v) is 11.4.